The summed E-state index contributed by atoms with van der Waals surface area (Å²) in [6, 6.07) is 19.8. The summed E-state index contributed by atoms with van der Waals surface area (Å²) >= 11 is 0. The number of hydrogen-bond donors (Lipinski definition) is 1. The van der Waals surface area contributed by atoms with Crippen LogP contribution in [0.15, 0.2) is 83.7 Å². The second-order valence-corrected chi connectivity index (χ2v) is 10.7. The first kappa shape index (κ1) is 30.5. The molecule has 0 bridgehead atoms. The van der Waals surface area contributed by atoms with E-state index in [1.165, 1.54) is 31.9 Å². The Labute approximate surface area is 253 Å². The quantitative estimate of drug-likeness (QED) is 0.0963. The van der Waals surface area contributed by atoms with Gasteiger partial charge in [0.05, 0.1) is 23.4 Å². The number of anilines is 2. The van der Waals surface area contributed by atoms with Crippen molar-refractivity contribution in [2.45, 2.75) is 45.1 Å². The van der Waals surface area contributed by atoms with Crippen LogP contribution in [0.3, 0.4) is 0 Å². The van der Waals surface area contributed by atoms with E-state index in [0.717, 1.165) is 48.2 Å². The van der Waals surface area contributed by atoms with Gasteiger partial charge in [-0.25, -0.2) is 8.78 Å². The number of ether oxygens (including phenoxy) is 2. The van der Waals surface area contributed by atoms with Gasteiger partial charge in [0.1, 0.15) is 29.0 Å². The summed E-state index contributed by atoms with van der Waals surface area (Å²) in [5.41, 5.74) is 6.79. The Morgan fingerprint density at radius 2 is 1.57 bits per heavy atom. The number of ketones is 1. The summed E-state index contributed by atoms with van der Waals surface area (Å²) < 4.78 is 39.9. The van der Waals surface area contributed by atoms with Gasteiger partial charge in [0.25, 0.3) is 5.56 Å². The number of nitrogens with zero attached hydrogens (tertiary/aromatic N) is 2. The molecule has 8 nitrogen and oxygen atoms in total. The molecule has 0 unspecified atom stereocenters. The number of hydrogen-bond acceptors (Lipinski definition) is 7. The third-order valence-corrected chi connectivity index (χ3v) is 7.65. The third kappa shape index (κ3) is 6.96. The minimum atomic E-state index is -1.02. The Hall–Kier alpha value is -4.99. The van der Waals surface area contributed by atoms with Crippen LogP contribution in [0.25, 0.3) is 5.69 Å². The lowest BCUT2D eigenvalue weighted by Crippen LogP contribution is -2.34. The van der Waals surface area contributed by atoms with E-state index in [2.05, 4.69) is 4.90 Å². The van der Waals surface area contributed by atoms with Gasteiger partial charge in [-0.3, -0.25) is 19.0 Å². The third-order valence-electron chi connectivity index (χ3n) is 7.65. The van der Waals surface area contributed by atoms with Crippen molar-refractivity contribution in [1.82, 2.24) is 4.57 Å². The van der Waals surface area contributed by atoms with Crippen LogP contribution in [0.4, 0.5) is 20.3 Å². The zero-order chi connectivity index (χ0) is 31.2. The van der Waals surface area contributed by atoms with Crippen LogP contribution in [0, 0.1) is 11.6 Å². The Bertz CT molecular complexity index is 1700. The summed E-state index contributed by atoms with van der Waals surface area (Å²) in [6.45, 7) is 2.63. The summed E-state index contributed by atoms with van der Waals surface area (Å²) in [5.74, 6) is -1.99. The minimum absolute atomic E-state index is 0.0803. The lowest BCUT2D eigenvalue weighted by molar-refractivity contribution is -0.131. The maximum atomic E-state index is 14.3. The van der Waals surface area contributed by atoms with Gasteiger partial charge in [0, 0.05) is 37.3 Å². The standard InChI is InChI=1S/C34H33F2N3O5/c1-22(40)44-28-14-8-25(9-15-28)38(24-5-2-3-6-24)19-4-20-43-27-12-10-26(11-13-27)39-32(41)18-17-30(34(39)37)33(42)29-16-7-23(35)21-31(29)36/h7-18,21,24H,2-6,19-20,37H2,1H3. The Kier molecular flexibility index (Phi) is 9.38. The second-order valence-electron chi connectivity index (χ2n) is 10.7. The molecule has 3 aromatic carbocycles. The maximum absolute atomic E-state index is 14.3. The maximum Gasteiger partial charge on any atom is 0.308 e. The van der Waals surface area contributed by atoms with E-state index >= 15 is 0 Å². The zero-order valence-electron chi connectivity index (χ0n) is 24.3. The molecule has 1 fully saturated rings. The summed E-state index contributed by atoms with van der Waals surface area (Å²) in [7, 11) is 0. The first-order valence-corrected chi connectivity index (χ1v) is 14.5. The first-order chi connectivity index (χ1) is 21.2. The van der Waals surface area contributed by atoms with Crippen LogP contribution in [0.1, 0.15) is 54.9 Å². The van der Waals surface area contributed by atoms with Crippen molar-refractivity contribution in [3.8, 4) is 17.2 Å². The van der Waals surface area contributed by atoms with Gasteiger partial charge in [0.15, 0.2) is 5.78 Å². The molecule has 0 amide bonds. The summed E-state index contributed by atoms with van der Waals surface area (Å²) in [5, 5.41) is 0. The van der Waals surface area contributed by atoms with Crippen LogP contribution >= 0.6 is 0 Å². The van der Waals surface area contributed by atoms with E-state index < -0.39 is 23.0 Å². The number of carbonyl (C=O) groups excluding carboxylic acids is 2. The van der Waals surface area contributed by atoms with E-state index in [-0.39, 0.29) is 22.9 Å². The van der Waals surface area contributed by atoms with Crippen molar-refractivity contribution in [3.63, 3.8) is 0 Å². The molecule has 44 heavy (non-hydrogen) atoms. The number of nitrogens with two attached hydrogens (primary N) is 1. The molecule has 5 rings (SSSR count). The number of rotatable bonds is 11. The average Bonchev–Trinajstić information content (AvgIpc) is 3.53. The van der Waals surface area contributed by atoms with Gasteiger partial charge in [-0.15, -0.1) is 0 Å². The predicted octanol–water partition coefficient (Wildman–Crippen LogP) is 6.07. The highest BCUT2D eigenvalue weighted by Crippen LogP contribution is 2.30. The lowest BCUT2D eigenvalue weighted by Gasteiger charge is -2.31. The van der Waals surface area contributed by atoms with Crippen LogP contribution in [0.5, 0.6) is 11.5 Å². The van der Waals surface area contributed by atoms with Gasteiger partial charge >= 0.3 is 5.97 Å². The molecule has 2 N–H and O–H groups in total. The number of pyridine rings is 1. The van der Waals surface area contributed by atoms with Crippen molar-refractivity contribution in [2.24, 2.45) is 0 Å². The molecule has 1 aliphatic rings. The number of nitrogen functional groups attached to an aromatic ring is 1. The van der Waals surface area contributed by atoms with Crippen molar-refractivity contribution in [3.05, 3.63) is 112 Å². The fraction of sp³-hybridized carbons (Fsp3) is 0.265. The Morgan fingerprint density at radius 3 is 2.23 bits per heavy atom. The number of esters is 1. The fourth-order valence-electron chi connectivity index (χ4n) is 5.56. The van der Waals surface area contributed by atoms with E-state index in [9.17, 15) is 23.2 Å². The van der Waals surface area contributed by atoms with E-state index in [1.807, 2.05) is 24.3 Å². The van der Waals surface area contributed by atoms with Crippen LogP contribution in [-0.4, -0.2) is 35.5 Å². The molecular weight excluding hydrogens is 568 g/mol. The largest absolute Gasteiger partial charge is 0.494 e. The van der Waals surface area contributed by atoms with Gasteiger partial charge < -0.3 is 20.1 Å². The van der Waals surface area contributed by atoms with Crippen molar-refractivity contribution < 1.29 is 27.8 Å². The predicted molar refractivity (Wildman–Crippen MR) is 164 cm³/mol. The Balaban J connectivity index is 1.24. The zero-order valence-corrected chi connectivity index (χ0v) is 24.3. The molecule has 4 aromatic rings. The molecular formula is C34H33F2N3O5. The highest BCUT2D eigenvalue weighted by Gasteiger charge is 2.23. The van der Waals surface area contributed by atoms with Crippen molar-refractivity contribution in [1.29, 1.82) is 0 Å². The topological polar surface area (TPSA) is 104 Å². The van der Waals surface area contributed by atoms with E-state index in [4.69, 9.17) is 15.2 Å². The molecule has 1 heterocycles. The van der Waals surface area contributed by atoms with Gasteiger partial charge in [-0.05, 0) is 86.0 Å². The highest BCUT2D eigenvalue weighted by atomic mass is 19.1. The van der Waals surface area contributed by atoms with E-state index in [1.54, 1.807) is 24.3 Å². The molecule has 0 saturated heterocycles. The van der Waals surface area contributed by atoms with Crippen molar-refractivity contribution in [2.75, 3.05) is 23.8 Å². The number of carbonyl (C=O) groups is 2. The summed E-state index contributed by atoms with van der Waals surface area (Å²) in [6.07, 6.45) is 5.41. The van der Waals surface area contributed by atoms with E-state index in [0.29, 0.717) is 35.9 Å². The Morgan fingerprint density at radius 1 is 0.909 bits per heavy atom. The van der Waals surface area contributed by atoms with Crippen LogP contribution < -0.4 is 25.7 Å². The number of halogens is 2. The molecule has 1 aliphatic carbocycles. The molecule has 1 saturated carbocycles. The van der Waals surface area contributed by atoms with Crippen LogP contribution in [-0.2, 0) is 4.79 Å². The molecule has 0 radical (unpaired) electrons. The average molecular weight is 602 g/mol. The fourth-order valence-corrected chi connectivity index (χ4v) is 5.56. The smallest absolute Gasteiger partial charge is 0.308 e. The first-order valence-electron chi connectivity index (χ1n) is 14.5. The van der Waals surface area contributed by atoms with Crippen molar-refractivity contribution >= 4 is 23.3 Å². The normalized spacial score (nSPS) is 13.1. The SMILES string of the molecule is CC(=O)Oc1ccc(N(CCCOc2ccc(-n3c(N)c(C(=O)c4ccc(F)cc4F)ccc3=O)cc2)C2CCCC2)cc1. The monoisotopic (exact) mass is 601 g/mol. The van der Waals surface area contributed by atoms with Crippen LogP contribution in [0.2, 0.25) is 0 Å². The minimum Gasteiger partial charge on any atom is -0.494 e. The number of benzene rings is 3. The van der Waals surface area contributed by atoms with Gasteiger partial charge in [-0.1, -0.05) is 12.8 Å². The van der Waals surface area contributed by atoms with Gasteiger partial charge in [-0.2, -0.15) is 0 Å². The molecule has 0 aliphatic heterocycles. The van der Waals surface area contributed by atoms with Gasteiger partial charge in [0.2, 0.25) is 0 Å². The summed E-state index contributed by atoms with van der Waals surface area (Å²) in [4.78, 5) is 39.3. The molecule has 0 spiro atoms. The molecule has 10 heteroatoms. The second kappa shape index (κ2) is 13.5. The molecule has 0 atom stereocenters. The molecule has 228 valence electrons. The highest BCUT2D eigenvalue weighted by molar-refractivity contribution is 6.11. The molecule has 1 aromatic heterocycles. The number of aromatic nitrogens is 1. The lowest BCUT2D eigenvalue weighted by atomic mass is 10.0.